The van der Waals surface area contributed by atoms with E-state index in [1.165, 1.54) is 12.4 Å². The fourth-order valence-electron chi connectivity index (χ4n) is 2.41. The third-order valence-corrected chi connectivity index (χ3v) is 3.77. The van der Waals surface area contributed by atoms with Crippen LogP contribution in [0.2, 0.25) is 0 Å². The summed E-state index contributed by atoms with van der Waals surface area (Å²) in [5, 5.41) is 30.1. The second-order valence-electron chi connectivity index (χ2n) is 5.79. The minimum atomic E-state index is -0.0751. The van der Waals surface area contributed by atoms with Gasteiger partial charge in [0.2, 0.25) is 0 Å². The molecule has 0 amide bonds. The predicted octanol–water partition coefficient (Wildman–Crippen LogP) is 4.61. The molecule has 0 radical (unpaired) electrons. The van der Waals surface area contributed by atoms with Gasteiger partial charge in [0.15, 0.2) is 5.75 Å². The first-order chi connectivity index (χ1) is 12.5. The van der Waals surface area contributed by atoms with Crippen LogP contribution < -0.4 is 0 Å². The van der Waals surface area contributed by atoms with Crippen LogP contribution in [0.4, 0.5) is 11.4 Å². The minimum absolute atomic E-state index is 0.0751. The molecule has 26 heavy (non-hydrogen) atoms. The summed E-state index contributed by atoms with van der Waals surface area (Å²) >= 11 is 0. The predicted molar refractivity (Wildman–Crippen MR) is 104 cm³/mol. The van der Waals surface area contributed by atoms with E-state index in [0.717, 1.165) is 5.56 Å². The van der Waals surface area contributed by atoms with Crippen LogP contribution in [0.5, 0.6) is 17.2 Å². The molecular weight excluding hydrogens is 328 g/mol. The molecule has 0 bridgehead atoms. The molecule has 0 spiro atoms. The topological polar surface area (TPSA) is 85.4 Å². The molecule has 0 saturated heterocycles. The molecule has 0 aromatic heterocycles. The van der Waals surface area contributed by atoms with Crippen molar-refractivity contribution in [1.82, 2.24) is 0 Å². The molecule has 5 heteroatoms. The van der Waals surface area contributed by atoms with Crippen molar-refractivity contribution in [3.63, 3.8) is 0 Å². The Hall–Kier alpha value is -3.60. The van der Waals surface area contributed by atoms with Gasteiger partial charge in [-0.25, -0.2) is 0 Å². The van der Waals surface area contributed by atoms with Gasteiger partial charge in [-0.15, -0.1) is 0 Å². The lowest BCUT2D eigenvalue weighted by Gasteiger charge is -2.06. The summed E-state index contributed by atoms with van der Waals surface area (Å²) in [6.45, 7) is 1.87. The first-order valence-electron chi connectivity index (χ1n) is 8.02. The molecule has 0 saturated carbocycles. The van der Waals surface area contributed by atoms with Gasteiger partial charge in [0.1, 0.15) is 22.9 Å². The second-order valence-corrected chi connectivity index (χ2v) is 5.79. The van der Waals surface area contributed by atoms with Crippen molar-refractivity contribution >= 4 is 23.8 Å². The number of phenolic OH excluding ortho intramolecular Hbond substituents is 3. The quantitative estimate of drug-likeness (QED) is 0.603. The van der Waals surface area contributed by atoms with Gasteiger partial charge in [-0.3, -0.25) is 9.98 Å². The molecule has 0 aliphatic carbocycles. The lowest BCUT2D eigenvalue weighted by molar-refractivity contribution is 0.474. The van der Waals surface area contributed by atoms with Gasteiger partial charge in [0.25, 0.3) is 0 Å². The van der Waals surface area contributed by atoms with E-state index < -0.39 is 0 Å². The molecule has 0 aliphatic rings. The van der Waals surface area contributed by atoms with Crippen LogP contribution in [0.25, 0.3) is 0 Å². The maximum absolute atomic E-state index is 10.5. The summed E-state index contributed by atoms with van der Waals surface area (Å²) in [5.41, 5.74) is 2.66. The van der Waals surface area contributed by atoms with Crippen LogP contribution >= 0.6 is 0 Å². The monoisotopic (exact) mass is 346 g/mol. The molecule has 0 atom stereocenters. The Morgan fingerprint density at radius 3 is 1.54 bits per heavy atom. The molecule has 3 rings (SSSR count). The minimum Gasteiger partial charge on any atom is -0.507 e. The number of para-hydroxylation sites is 2. The van der Waals surface area contributed by atoms with Gasteiger partial charge in [0, 0.05) is 23.6 Å². The van der Waals surface area contributed by atoms with Gasteiger partial charge in [-0.1, -0.05) is 24.3 Å². The van der Waals surface area contributed by atoms with Crippen molar-refractivity contribution in [2.45, 2.75) is 6.92 Å². The number of aryl methyl sites for hydroxylation is 1. The molecule has 0 aliphatic heterocycles. The van der Waals surface area contributed by atoms with Crippen molar-refractivity contribution in [2.24, 2.45) is 9.98 Å². The van der Waals surface area contributed by atoms with Gasteiger partial charge in [-0.2, -0.15) is 0 Å². The molecule has 130 valence electrons. The summed E-state index contributed by atoms with van der Waals surface area (Å²) < 4.78 is 0. The van der Waals surface area contributed by atoms with Crippen molar-refractivity contribution in [1.29, 1.82) is 0 Å². The Bertz CT molecular complexity index is 918. The second kappa shape index (κ2) is 7.53. The first-order valence-corrected chi connectivity index (χ1v) is 8.02. The van der Waals surface area contributed by atoms with E-state index in [2.05, 4.69) is 9.98 Å². The summed E-state index contributed by atoms with van der Waals surface area (Å²) in [5.74, 6) is 0.149. The van der Waals surface area contributed by atoms with E-state index in [0.29, 0.717) is 22.5 Å². The van der Waals surface area contributed by atoms with Crippen molar-refractivity contribution in [2.75, 3.05) is 0 Å². The van der Waals surface area contributed by atoms with Gasteiger partial charge in [-0.05, 0) is 48.9 Å². The Labute approximate surface area is 151 Å². The van der Waals surface area contributed by atoms with Crippen molar-refractivity contribution < 1.29 is 15.3 Å². The third kappa shape index (κ3) is 3.89. The van der Waals surface area contributed by atoms with Gasteiger partial charge < -0.3 is 15.3 Å². The van der Waals surface area contributed by atoms with E-state index in [1.54, 1.807) is 60.7 Å². The SMILES string of the molecule is Cc1cc(N=Cc2ccccc2O)c(O)c(N=Cc2ccccc2O)c1. The first kappa shape index (κ1) is 17.2. The molecular formula is C21H18N2O3. The maximum Gasteiger partial charge on any atom is 0.167 e. The summed E-state index contributed by atoms with van der Waals surface area (Å²) in [6.07, 6.45) is 2.97. The fourth-order valence-corrected chi connectivity index (χ4v) is 2.41. The van der Waals surface area contributed by atoms with Crippen LogP contribution in [0.15, 0.2) is 70.6 Å². The molecule has 3 aromatic rings. The summed E-state index contributed by atoms with van der Waals surface area (Å²) in [4.78, 5) is 8.55. The van der Waals surface area contributed by atoms with Crippen LogP contribution in [-0.2, 0) is 0 Å². The van der Waals surface area contributed by atoms with Crippen LogP contribution in [0, 0.1) is 6.92 Å². The third-order valence-electron chi connectivity index (χ3n) is 3.77. The largest absolute Gasteiger partial charge is 0.507 e. The lowest BCUT2D eigenvalue weighted by Crippen LogP contribution is -1.84. The van der Waals surface area contributed by atoms with E-state index >= 15 is 0 Å². The number of nitrogens with zero attached hydrogens (tertiary/aromatic N) is 2. The highest BCUT2D eigenvalue weighted by molar-refractivity contribution is 5.88. The number of hydrogen-bond acceptors (Lipinski definition) is 5. The number of hydrogen-bond donors (Lipinski definition) is 3. The van der Waals surface area contributed by atoms with E-state index in [1.807, 2.05) is 6.92 Å². The summed E-state index contributed by atoms with van der Waals surface area (Å²) in [6, 6.07) is 17.1. The average Bonchev–Trinajstić information content (AvgIpc) is 2.63. The zero-order valence-corrected chi connectivity index (χ0v) is 14.2. The van der Waals surface area contributed by atoms with Crippen LogP contribution in [-0.4, -0.2) is 27.7 Å². The van der Waals surface area contributed by atoms with E-state index in [9.17, 15) is 15.3 Å². The van der Waals surface area contributed by atoms with Gasteiger partial charge >= 0.3 is 0 Å². The maximum atomic E-state index is 10.5. The number of benzene rings is 3. The van der Waals surface area contributed by atoms with Crippen LogP contribution in [0.1, 0.15) is 16.7 Å². The van der Waals surface area contributed by atoms with Crippen molar-refractivity contribution in [3.8, 4) is 17.2 Å². The number of aliphatic imine (C=N–C) groups is 2. The molecule has 3 N–H and O–H groups in total. The summed E-state index contributed by atoms with van der Waals surface area (Å²) in [7, 11) is 0. The molecule has 0 fully saturated rings. The zero-order valence-electron chi connectivity index (χ0n) is 14.2. The highest BCUT2D eigenvalue weighted by atomic mass is 16.3. The highest BCUT2D eigenvalue weighted by Crippen LogP contribution is 2.37. The van der Waals surface area contributed by atoms with E-state index in [4.69, 9.17) is 0 Å². The Balaban J connectivity index is 1.94. The number of phenols is 3. The van der Waals surface area contributed by atoms with Crippen LogP contribution in [0.3, 0.4) is 0 Å². The van der Waals surface area contributed by atoms with Crippen molar-refractivity contribution in [3.05, 3.63) is 77.4 Å². The molecule has 0 unspecified atom stereocenters. The highest BCUT2D eigenvalue weighted by Gasteiger charge is 2.08. The molecule has 3 aromatic carbocycles. The van der Waals surface area contributed by atoms with E-state index in [-0.39, 0.29) is 17.2 Å². The Morgan fingerprint density at radius 1 is 0.692 bits per heavy atom. The smallest absolute Gasteiger partial charge is 0.167 e. The Kier molecular flexibility index (Phi) is 4.99. The lowest BCUT2D eigenvalue weighted by atomic mass is 10.1. The number of aromatic hydroxyl groups is 3. The standard InChI is InChI=1S/C21H18N2O3/c1-14-10-17(22-12-15-6-2-4-8-19(15)24)21(26)18(11-14)23-13-16-7-3-5-9-20(16)25/h2-13,24-26H,1H3. The average molecular weight is 346 g/mol. The molecule has 5 nitrogen and oxygen atoms in total. The normalized spacial score (nSPS) is 11.4. The fraction of sp³-hybridized carbons (Fsp3) is 0.0476. The number of rotatable bonds is 4. The zero-order chi connectivity index (χ0) is 18.5. The molecule has 0 heterocycles. The van der Waals surface area contributed by atoms with Gasteiger partial charge in [0.05, 0.1) is 0 Å². The Morgan fingerprint density at radius 2 is 1.12 bits per heavy atom.